The summed E-state index contributed by atoms with van der Waals surface area (Å²) in [6, 6.07) is 13.3. The van der Waals surface area contributed by atoms with E-state index < -0.39 is 5.97 Å². The zero-order chi connectivity index (χ0) is 17.6. The number of hydrogen-bond donors (Lipinski definition) is 0. The molecule has 5 nitrogen and oxygen atoms in total. The molecule has 3 aromatic rings. The van der Waals surface area contributed by atoms with Crippen molar-refractivity contribution in [2.75, 3.05) is 13.2 Å². The summed E-state index contributed by atoms with van der Waals surface area (Å²) in [6.45, 7) is 2.46. The maximum absolute atomic E-state index is 11.8. The number of benzene rings is 1. The van der Waals surface area contributed by atoms with Gasteiger partial charge in [-0.15, -0.1) is 0 Å². The highest BCUT2D eigenvalue weighted by atomic mass is 35.5. The lowest BCUT2D eigenvalue weighted by molar-refractivity contribution is -0.138. The fourth-order valence-electron chi connectivity index (χ4n) is 2.27. The van der Waals surface area contributed by atoms with Gasteiger partial charge >= 0.3 is 5.97 Å². The number of carbonyl (C=O) groups excluding carboxylic acids is 1. The van der Waals surface area contributed by atoms with Crippen LogP contribution in [0.25, 0.3) is 11.7 Å². The maximum atomic E-state index is 11.8. The van der Waals surface area contributed by atoms with E-state index in [1.807, 2.05) is 55.6 Å². The largest absolute Gasteiger partial charge is 0.490 e. The van der Waals surface area contributed by atoms with E-state index in [0.29, 0.717) is 23.1 Å². The van der Waals surface area contributed by atoms with Gasteiger partial charge in [-0.2, -0.15) is 0 Å². The molecule has 0 fully saturated rings. The number of fused-ring (bicyclic) bond motifs is 1. The number of nitrogens with zero attached hydrogens (tertiary/aromatic N) is 2. The normalized spacial score (nSPS) is 11.1. The number of aryl methyl sites for hydroxylation is 1. The Kier molecular flexibility index (Phi) is 5.36. The first-order valence-corrected chi connectivity index (χ1v) is 8.18. The van der Waals surface area contributed by atoms with E-state index in [1.54, 1.807) is 10.5 Å². The summed E-state index contributed by atoms with van der Waals surface area (Å²) in [5.41, 5.74) is 2.51. The van der Waals surface area contributed by atoms with Gasteiger partial charge in [0.1, 0.15) is 24.6 Å². The number of ether oxygens (including phenoxy) is 2. The number of halogens is 1. The molecule has 3 rings (SSSR count). The Hall–Kier alpha value is -2.79. The van der Waals surface area contributed by atoms with E-state index >= 15 is 0 Å². The Labute approximate surface area is 150 Å². The summed E-state index contributed by atoms with van der Waals surface area (Å²) >= 11 is 6.10. The van der Waals surface area contributed by atoms with Gasteiger partial charge in [-0.1, -0.05) is 35.4 Å². The Bertz CT molecular complexity index is 901. The molecule has 1 aromatic carbocycles. The van der Waals surface area contributed by atoms with Crippen LogP contribution in [-0.2, 0) is 9.53 Å². The standard InChI is InChI=1S/C19H17ClN2O3/c1-14-5-7-15(8-6-14)24-12-13-25-18(23)10-9-16-19(20)21-17-4-2-3-11-22(16)17/h2-11H,12-13H2,1H3/b10-9+. The molecule has 2 heterocycles. The van der Waals surface area contributed by atoms with Crippen LogP contribution in [-0.4, -0.2) is 28.6 Å². The summed E-state index contributed by atoms with van der Waals surface area (Å²) in [5.74, 6) is 0.282. The van der Waals surface area contributed by atoms with Gasteiger partial charge < -0.3 is 9.47 Å². The molecule has 0 unspecified atom stereocenters. The summed E-state index contributed by atoms with van der Waals surface area (Å²) < 4.78 is 12.4. The molecule has 0 aliphatic rings. The fraction of sp³-hybridized carbons (Fsp3) is 0.158. The minimum Gasteiger partial charge on any atom is -0.490 e. The minimum atomic E-state index is -0.463. The van der Waals surface area contributed by atoms with Gasteiger partial charge in [0.2, 0.25) is 0 Å². The molecule has 0 N–H and O–H groups in total. The lowest BCUT2D eigenvalue weighted by Crippen LogP contribution is -2.10. The molecule has 0 saturated carbocycles. The maximum Gasteiger partial charge on any atom is 0.330 e. The van der Waals surface area contributed by atoms with Crippen LogP contribution in [0.1, 0.15) is 11.3 Å². The molecule has 0 radical (unpaired) electrons. The van der Waals surface area contributed by atoms with Gasteiger partial charge in [-0.05, 0) is 37.3 Å². The van der Waals surface area contributed by atoms with Gasteiger partial charge in [0.05, 0.1) is 5.69 Å². The average molecular weight is 357 g/mol. The van der Waals surface area contributed by atoms with Crippen molar-refractivity contribution in [3.63, 3.8) is 0 Å². The zero-order valence-corrected chi connectivity index (χ0v) is 14.4. The van der Waals surface area contributed by atoms with Crippen LogP contribution < -0.4 is 4.74 Å². The second-order valence-electron chi connectivity index (χ2n) is 5.38. The van der Waals surface area contributed by atoms with Gasteiger partial charge in [0.25, 0.3) is 0 Å². The first kappa shape index (κ1) is 17.0. The van der Waals surface area contributed by atoms with Crippen molar-refractivity contribution in [1.82, 2.24) is 9.38 Å². The number of carbonyl (C=O) groups is 1. The molecule has 0 saturated heterocycles. The number of imidazole rings is 1. The van der Waals surface area contributed by atoms with E-state index in [1.165, 1.54) is 6.08 Å². The van der Waals surface area contributed by atoms with Gasteiger partial charge in [0.15, 0.2) is 5.15 Å². The van der Waals surface area contributed by atoms with Gasteiger partial charge in [0, 0.05) is 12.3 Å². The predicted octanol–water partition coefficient (Wildman–Crippen LogP) is 3.93. The molecule has 0 aliphatic heterocycles. The summed E-state index contributed by atoms with van der Waals surface area (Å²) in [5, 5.41) is 0.331. The third kappa shape index (κ3) is 4.39. The number of aromatic nitrogens is 2. The van der Waals surface area contributed by atoms with Crippen molar-refractivity contribution < 1.29 is 14.3 Å². The minimum absolute atomic E-state index is 0.165. The molecule has 128 valence electrons. The van der Waals surface area contributed by atoms with Crippen molar-refractivity contribution in [3.05, 3.63) is 71.1 Å². The first-order chi connectivity index (χ1) is 12.1. The van der Waals surface area contributed by atoms with Gasteiger partial charge in [-0.25, -0.2) is 9.78 Å². The number of rotatable bonds is 6. The van der Waals surface area contributed by atoms with Crippen molar-refractivity contribution in [2.24, 2.45) is 0 Å². The van der Waals surface area contributed by atoms with Crippen LogP contribution in [0.4, 0.5) is 0 Å². The third-order valence-corrected chi connectivity index (χ3v) is 3.79. The second-order valence-corrected chi connectivity index (χ2v) is 5.74. The smallest absolute Gasteiger partial charge is 0.330 e. The lowest BCUT2D eigenvalue weighted by Gasteiger charge is -2.06. The molecular weight excluding hydrogens is 340 g/mol. The van der Waals surface area contributed by atoms with E-state index in [-0.39, 0.29) is 6.61 Å². The molecular formula is C19H17ClN2O3. The fourth-order valence-corrected chi connectivity index (χ4v) is 2.51. The van der Waals surface area contributed by atoms with Crippen molar-refractivity contribution in [3.8, 4) is 5.75 Å². The molecule has 6 heteroatoms. The van der Waals surface area contributed by atoms with Crippen molar-refractivity contribution >= 4 is 29.3 Å². The molecule has 0 bridgehead atoms. The molecule has 0 spiro atoms. The zero-order valence-electron chi connectivity index (χ0n) is 13.7. The van der Waals surface area contributed by atoms with Crippen LogP contribution in [0, 0.1) is 6.92 Å². The molecule has 25 heavy (non-hydrogen) atoms. The van der Waals surface area contributed by atoms with Crippen LogP contribution >= 0.6 is 11.6 Å². The number of esters is 1. The summed E-state index contributed by atoms with van der Waals surface area (Å²) in [7, 11) is 0. The van der Waals surface area contributed by atoms with Crippen molar-refractivity contribution in [1.29, 1.82) is 0 Å². The first-order valence-electron chi connectivity index (χ1n) is 7.80. The topological polar surface area (TPSA) is 52.8 Å². The quantitative estimate of drug-likeness (QED) is 0.381. The molecule has 0 amide bonds. The lowest BCUT2D eigenvalue weighted by atomic mass is 10.2. The molecule has 0 aliphatic carbocycles. The van der Waals surface area contributed by atoms with E-state index in [2.05, 4.69) is 4.98 Å². The average Bonchev–Trinajstić information content (AvgIpc) is 2.93. The van der Waals surface area contributed by atoms with Gasteiger partial charge in [-0.3, -0.25) is 4.40 Å². The highest BCUT2D eigenvalue weighted by molar-refractivity contribution is 6.31. The highest BCUT2D eigenvalue weighted by Crippen LogP contribution is 2.18. The van der Waals surface area contributed by atoms with Crippen LogP contribution in [0.5, 0.6) is 5.75 Å². The van der Waals surface area contributed by atoms with Crippen LogP contribution in [0.2, 0.25) is 5.15 Å². The SMILES string of the molecule is Cc1ccc(OCCOC(=O)/C=C/c2c(Cl)nc3ccccn23)cc1. The van der Waals surface area contributed by atoms with Crippen LogP contribution in [0.3, 0.4) is 0 Å². The molecule has 2 aromatic heterocycles. The monoisotopic (exact) mass is 356 g/mol. The van der Waals surface area contributed by atoms with Crippen molar-refractivity contribution in [2.45, 2.75) is 6.92 Å². The predicted molar refractivity (Wildman–Crippen MR) is 96.9 cm³/mol. The number of hydrogen-bond acceptors (Lipinski definition) is 4. The second kappa shape index (κ2) is 7.85. The summed E-state index contributed by atoms with van der Waals surface area (Å²) in [4.78, 5) is 16.0. The van der Waals surface area contributed by atoms with E-state index in [9.17, 15) is 4.79 Å². The van der Waals surface area contributed by atoms with E-state index in [0.717, 1.165) is 11.3 Å². The summed E-state index contributed by atoms with van der Waals surface area (Å²) in [6.07, 6.45) is 4.74. The Balaban J connectivity index is 1.51. The Morgan fingerprint density at radius 2 is 2.00 bits per heavy atom. The Morgan fingerprint density at radius 1 is 1.20 bits per heavy atom. The third-order valence-electron chi connectivity index (χ3n) is 3.52. The molecule has 0 atom stereocenters. The highest BCUT2D eigenvalue weighted by Gasteiger charge is 2.07. The van der Waals surface area contributed by atoms with Crippen LogP contribution in [0.15, 0.2) is 54.7 Å². The Morgan fingerprint density at radius 3 is 2.80 bits per heavy atom. The number of pyridine rings is 1. The van der Waals surface area contributed by atoms with E-state index in [4.69, 9.17) is 21.1 Å².